The number of rotatable bonds is 4. The summed E-state index contributed by atoms with van der Waals surface area (Å²) in [6.07, 6.45) is 1.54. The predicted molar refractivity (Wildman–Crippen MR) is 67.4 cm³/mol. The Bertz CT molecular complexity index is 580. The molecule has 2 rings (SSSR count). The van der Waals surface area contributed by atoms with Crippen LogP contribution in [0.2, 0.25) is 0 Å². The lowest BCUT2D eigenvalue weighted by Crippen LogP contribution is -1.97. The lowest BCUT2D eigenvalue weighted by molar-refractivity contribution is 0.881. The van der Waals surface area contributed by atoms with E-state index in [9.17, 15) is 0 Å². The first-order valence-corrected chi connectivity index (χ1v) is 5.22. The molecular formula is C11H11N7. The molecule has 0 atom stereocenters. The molecule has 1 aromatic carbocycles. The summed E-state index contributed by atoms with van der Waals surface area (Å²) in [5, 5.41) is 28.3. The van der Waals surface area contributed by atoms with Crippen LogP contribution in [-0.2, 0) is 0 Å². The lowest BCUT2D eigenvalue weighted by Gasteiger charge is -2.07. The topological polar surface area (TPSA) is 102 Å². The van der Waals surface area contributed by atoms with E-state index in [-0.39, 0.29) is 5.82 Å². The first kappa shape index (κ1) is 11.6. The van der Waals surface area contributed by atoms with Crippen LogP contribution in [0.25, 0.3) is 5.57 Å². The van der Waals surface area contributed by atoms with Crippen LogP contribution in [0.15, 0.2) is 30.5 Å². The zero-order valence-corrected chi connectivity index (χ0v) is 9.68. The number of nitrogens with one attached hydrogen (secondary N) is 3. The molecule has 7 nitrogen and oxygen atoms in total. The zero-order valence-electron chi connectivity index (χ0n) is 9.68. The molecule has 18 heavy (non-hydrogen) atoms. The Morgan fingerprint density at radius 3 is 2.78 bits per heavy atom. The maximum Gasteiger partial charge on any atom is 0.216 e. The second-order valence-electron chi connectivity index (χ2n) is 3.35. The lowest BCUT2D eigenvalue weighted by atomic mass is 10.2. The fourth-order valence-electron chi connectivity index (χ4n) is 1.40. The molecule has 0 aliphatic rings. The summed E-state index contributed by atoms with van der Waals surface area (Å²) >= 11 is 0. The second-order valence-corrected chi connectivity index (χ2v) is 3.35. The smallest absolute Gasteiger partial charge is 0.216 e. The Hall–Kier alpha value is -2.88. The molecule has 0 fully saturated rings. The van der Waals surface area contributed by atoms with Crippen LogP contribution in [0.3, 0.4) is 0 Å². The van der Waals surface area contributed by atoms with E-state index in [4.69, 9.17) is 5.26 Å². The van der Waals surface area contributed by atoms with Gasteiger partial charge in [-0.1, -0.05) is 12.1 Å². The Morgan fingerprint density at radius 1 is 1.39 bits per heavy atom. The molecular weight excluding hydrogens is 230 g/mol. The van der Waals surface area contributed by atoms with Crippen molar-refractivity contribution in [2.45, 2.75) is 0 Å². The van der Waals surface area contributed by atoms with Crippen LogP contribution in [0.5, 0.6) is 0 Å². The molecule has 1 heterocycles. The summed E-state index contributed by atoms with van der Waals surface area (Å²) in [6, 6.07) is 9.65. The van der Waals surface area contributed by atoms with Crippen molar-refractivity contribution < 1.29 is 0 Å². The number of hydrogen-bond donors (Lipinski definition) is 3. The minimum Gasteiger partial charge on any atom is -0.386 e. The molecule has 0 aliphatic heterocycles. The van der Waals surface area contributed by atoms with Gasteiger partial charge in [0.25, 0.3) is 0 Å². The van der Waals surface area contributed by atoms with Crippen molar-refractivity contribution >= 4 is 16.9 Å². The van der Waals surface area contributed by atoms with Gasteiger partial charge in [-0.25, -0.2) is 0 Å². The number of anilines is 2. The van der Waals surface area contributed by atoms with Crippen molar-refractivity contribution in [2.24, 2.45) is 0 Å². The SMILES string of the molecule is CNc1ccccc1NC=C(C#N)c1nn[nH]n1. The molecule has 90 valence electrons. The van der Waals surface area contributed by atoms with E-state index in [2.05, 4.69) is 31.3 Å². The van der Waals surface area contributed by atoms with E-state index in [0.29, 0.717) is 5.57 Å². The molecule has 0 amide bonds. The van der Waals surface area contributed by atoms with Crippen molar-refractivity contribution in [1.82, 2.24) is 20.6 Å². The van der Waals surface area contributed by atoms with Gasteiger partial charge in [-0.05, 0) is 17.3 Å². The van der Waals surface area contributed by atoms with E-state index in [1.165, 1.54) is 0 Å². The fraction of sp³-hybridized carbons (Fsp3) is 0.0909. The average Bonchev–Trinajstić information content (AvgIpc) is 2.94. The standard InChI is InChI=1S/C11H11N7/c1-13-9-4-2-3-5-10(9)14-7-8(6-12)11-15-17-18-16-11/h2-5,7,13-14H,1H3,(H,15,16,17,18). The van der Waals surface area contributed by atoms with Crippen molar-refractivity contribution in [2.75, 3.05) is 17.7 Å². The third-order valence-electron chi connectivity index (χ3n) is 2.28. The summed E-state index contributed by atoms with van der Waals surface area (Å²) in [5.41, 5.74) is 2.09. The van der Waals surface area contributed by atoms with E-state index in [1.54, 1.807) is 6.20 Å². The Balaban J connectivity index is 2.22. The summed E-state index contributed by atoms with van der Waals surface area (Å²) in [7, 11) is 1.83. The molecule has 0 aliphatic carbocycles. The van der Waals surface area contributed by atoms with E-state index < -0.39 is 0 Å². The van der Waals surface area contributed by atoms with Gasteiger partial charge < -0.3 is 10.6 Å². The maximum atomic E-state index is 9.01. The number of para-hydroxylation sites is 2. The Kier molecular flexibility index (Phi) is 3.51. The van der Waals surface area contributed by atoms with Gasteiger partial charge in [0.1, 0.15) is 11.6 Å². The molecule has 0 unspecified atom stereocenters. The van der Waals surface area contributed by atoms with Crippen molar-refractivity contribution in [3.63, 3.8) is 0 Å². The number of H-pyrrole nitrogens is 1. The molecule has 0 saturated carbocycles. The third kappa shape index (κ3) is 2.44. The van der Waals surface area contributed by atoms with Crippen LogP contribution < -0.4 is 10.6 Å². The Labute approximate surface area is 104 Å². The molecule has 0 saturated heterocycles. The monoisotopic (exact) mass is 241 g/mol. The van der Waals surface area contributed by atoms with Gasteiger partial charge in [-0.15, -0.1) is 10.2 Å². The number of nitrogens with zero attached hydrogens (tertiary/aromatic N) is 4. The number of allylic oxidation sites excluding steroid dienone is 1. The van der Waals surface area contributed by atoms with Gasteiger partial charge in [-0.2, -0.15) is 10.5 Å². The van der Waals surface area contributed by atoms with Crippen LogP contribution in [0, 0.1) is 11.3 Å². The maximum absolute atomic E-state index is 9.01. The highest BCUT2D eigenvalue weighted by molar-refractivity contribution is 5.77. The number of hydrogen-bond acceptors (Lipinski definition) is 6. The molecule has 3 N–H and O–H groups in total. The van der Waals surface area contributed by atoms with Gasteiger partial charge in [0.2, 0.25) is 5.82 Å². The average molecular weight is 241 g/mol. The Morgan fingerprint density at radius 2 is 2.17 bits per heavy atom. The van der Waals surface area contributed by atoms with Gasteiger partial charge in [0, 0.05) is 13.2 Å². The first-order chi connectivity index (χ1) is 8.85. The zero-order chi connectivity index (χ0) is 12.8. The number of benzene rings is 1. The van der Waals surface area contributed by atoms with E-state index in [0.717, 1.165) is 11.4 Å². The van der Waals surface area contributed by atoms with Crippen molar-refractivity contribution in [3.05, 3.63) is 36.3 Å². The molecule has 7 heteroatoms. The van der Waals surface area contributed by atoms with Crippen LogP contribution in [0.4, 0.5) is 11.4 Å². The molecule has 1 aromatic heterocycles. The largest absolute Gasteiger partial charge is 0.386 e. The second kappa shape index (κ2) is 5.45. The van der Waals surface area contributed by atoms with Gasteiger partial charge in [0.15, 0.2) is 0 Å². The quantitative estimate of drug-likeness (QED) is 0.695. The number of nitriles is 1. The minimum atomic E-state index is 0.256. The molecule has 0 bridgehead atoms. The summed E-state index contributed by atoms with van der Waals surface area (Å²) in [6.45, 7) is 0. The predicted octanol–water partition coefficient (Wildman–Crippen LogP) is 1.22. The normalized spacial score (nSPS) is 10.8. The van der Waals surface area contributed by atoms with E-state index in [1.807, 2.05) is 37.4 Å². The summed E-state index contributed by atoms with van der Waals surface area (Å²) < 4.78 is 0. The van der Waals surface area contributed by atoms with Crippen molar-refractivity contribution in [3.8, 4) is 6.07 Å². The van der Waals surface area contributed by atoms with Crippen LogP contribution in [-0.4, -0.2) is 27.7 Å². The highest BCUT2D eigenvalue weighted by atomic mass is 15.5. The van der Waals surface area contributed by atoms with Gasteiger partial charge in [-0.3, -0.25) is 0 Å². The number of tetrazole rings is 1. The van der Waals surface area contributed by atoms with E-state index >= 15 is 0 Å². The van der Waals surface area contributed by atoms with Crippen LogP contribution in [0.1, 0.15) is 5.82 Å². The molecule has 0 radical (unpaired) electrons. The first-order valence-electron chi connectivity index (χ1n) is 5.22. The van der Waals surface area contributed by atoms with Crippen molar-refractivity contribution in [1.29, 1.82) is 5.26 Å². The van der Waals surface area contributed by atoms with Gasteiger partial charge >= 0.3 is 0 Å². The number of aromatic amines is 1. The fourth-order valence-corrected chi connectivity index (χ4v) is 1.40. The third-order valence-corrected chi connectivity index (χ3v) is 2.28. The van der Waals surface area contributed by atoms with Gasteiger partial charge in [0.05, 0.1) is 11.4 Å². The molecule has 0 spiro atoms. The highest BCUT2D eigenvalue weighted by Gasteiger charge is 2.05. The summed E-state index contributed by atoms with van der Waals surface area (Å²) in [5.74, 6) is 0.256. The minimum absolute atomic E-state index is 0.256. The number of aromatic nitrogens is 4. The summed E-state index contributed by atoms with van der Waals surface area (Å²) in [4.78, 5) is 0. The highest BCUT2D eigenvalue weighted by Crippen LogP contribution is 2.20. The van der Waals surface area contributed by atoms with Crippen LogP contribution >= 0.6 is 0 Å². The molecule has 2 aromatic rings.